The lowest BCUT2D eigenvalue weighted by Crippen LogP contribution is -2.35. The number of hydrogen-bond acceptors (Lipinski definition) is 4. The Hall–Kier alpha value is -2.33. The normalized spacial score (nSPS) is 14.6. The van der Waals surface area contributed by atoms with Crippen molar-refractivity contribution in [2.45, 2.75) is 26.4 Å². The Kier molecular flexibility index (Phi) is 4.10. The molecular weight excluding hydrogens is 372 g/mol. The van der Waals surface area contributed by atoms with Crippen molar-refractivity contribution in [1.29, 1.82) is 5.26 Å². The van der Waals surface area contributed by atoms with E-state index in [1.807, 2.05) is 32.9 Å². The summed E-state index contributed by atoms with van der Waals surface area (Å²) >= 11 is 3.47. The van der Waals surface area contributed by atoms with Gasteiger partial charge in [0.2, 0.25) is 0 Å². The van der Waals surface area contributed by atoms with E-state index in [0.717, 1.165) is 21.1 Å². The van der Waals surface area contributed by atoms with Gasteiger partial charge in [-0.05, 0) is 48.3 Å². The van der Waals surface area contributed by atoms with E-state index in [2.05, 4.69) is 27.1 Å². The summed E-state index contributed by atoms with van der Waals surface area (Å²) in [5.74, 6) is 0. The van der Waals surface area contributed by atoms with Crippen molar-refractivity contribution >= 4 is 33.1 Å². The van der Waals surface area contributed by atoms with Crippen molar-refractivity contribution < 1.29 is 9.53 Å². The zero-order chi connectivity index (χ0) is 17.5. The third kappa shape index (κ3) is 3.15. The van der Waals surface area contributed by atoms with Crippen LogP contribution in [0, 0.1) is 11.3 Å². The van der Waals surface area contributed by atoms with E-state index >= 15 is 0 Å². The SMILES string of the molecule is CC(C)(C)OC(=O)N1CC=C(c2cc(Br)cn3ncc(C#N)c23)C1. The van der Waals surface area contributed by atoms with Crippen molar-refractivity contribution in [1.82, 2.24) is 14.5 Å². The summed E-state index contributed by atoms with van der Waals surface area (Å²) in [6.45, 7) is 6.46. The number of hydrogen-bond donors (Lipinski definition) is 0. The minimum atomic E-state index is -0.525. The summed E-state index contributed by atoms with van der Waals surface area (Å²) in [5, 5.41) is 13.5. The molecule has 0 aliphatic carbocycles. The maximum Gasteiger partial charge on any atom is 0.410 e. The van der Waals surface area contributed by atoms with Crippen molar-refractivity contribution in [3.8, 4) is 6.07 Å². The molecule has 1 aliphatic rings. The second kappa shape index (κ2) is 5.95. The highest BCUT2D eigenvalue weighted by Gasteiger charge is 2.27. The van der Waals surface area contributed by atoms with Gasteiger partial charge in [0, 0.05) is 29.3 Å². The molecule has 0 atom stereocenters. The first-order chi connectivity index (χ1) is 11.3. The quantitative estimate of drug-likeness (QED) is 0.747. The zero-order valence-electron chi connectivity index (χ0n) is 13.7. The molecule has 6 nitrogen and oxygen atoms in total. The van der Waals surface area contributed by atoms with Gasteiger partial charge in [-0.3, -0.25) is 0 Å². The first kappa shape index (κ1) is 16.5. The molecule has 0 spiro atoms. The minimum Gasteiger partial charge on any atom is -0.444 e. The molecule has 0 saturated carbocycles. The number of nitrogens with zero attached hydrogens (tertiary/aromatic N) is 4. The summed E-state index contributed by atoms with van der Waals surface area (Å²) in [4.78, 5) is 13.9. The van der Waals surface area contributed by atoms with Crippen LogP contribution in [0.5, 0.6) is 0 Å². The van der Waals surface area contributed by atoms with Crippen LogP contribution >= 0.6 is 15.9 Å². The molecule has 0 saturated heterocycles. The Labute approximate surface area is 148 Å². The highest BCUT2D eigenvalue weighted by Crippen LogP contribution is 2.30. The van der Waals surface area contributed by atoms with Crippen LogP contribution in [0.3, 0.4) is 0 Å². The number of ether oxygens (including phenoxy) is 1. The largest absolute Gasteiger partial charge is 0.444 e. The molecular formula is C17H17BrN4O2. The van der Waals surface area contributed by atoms with Crippen LogP contribution in [0.15, 0.2) is 29.0 Å². The van der Waals surface area contributed by atoms with Crippen molar-refractivity contribution in [3.63, 3.8) is 0 Å². The van der Waals surface area contributed by atoms with Crippen LogP contribution in [0.1, 0.15) is 31.9 Å². The number of halogens is 1. The zero-order valence-corrected chi connectivity index (χ0v) is 15.3. The van der Waals surface area contributed by atoms with Crippen LogP contribution in [-0.2, 0) is 4.74 Å². The van der Waals surface area contributed by atoms with Crippen molar-refractivity contribution in [2.24, 2.45) is 0 Å². The van der Waals surface area contributed by atoms with Gasteiger partial charge in [-0.1, -0.05) is 6.08 Å². The van der Waals surface area contributed by atoms with Gasteiger partial charge in [-0.15, -0.1) is 0 Å². The molecule has 0 N–H and O–H groups in total. The summed E-state index contributed by atoms with van der Waals surface area (Å²) in [6, 6.07) is 4.11. The molecule has 124 valence electrons. The molecule has 7 heteroatoms. The maximum atomic E-state index is 12.2. The van der Waals surface area contributed by atoms with Gasteiger partial charge in [0.15, 0.2) is 0 Å². The molecule has 2 aromatic rings. The molecule has 0 aromatic carbocycles. The smallest absolute Gasteiger partial charge is 0.410 e. The van der Waals surface area contributed by atoms with Crippen LogP contribution in [0.25, 0.3) is 11.1 Å². The number of nitriles is 1. The third-order valence-corrected chi connectivity index (χ3v) is 4.05. The molecule has 1 amide bonds. The third-order valence-electron chi connectivity index (χ3n) is 3.62. The van der Waals surface area contributed by atoms with Crippen molar-refractivity contribution in [2.75, 3.05) is 13.1 Å². The van der Waals surface area contributed by atoms with E-state index in [4.69, 9.17) is 4.74 Å². The fraction of sp³-hybridized carbons (Fsp3) is 0.353. The second-order valence-corrected chi connectivity index (χ2v) is 7.54. The Morgan fingerprint density at radius 3 is 2.88 bits per heavy atom. The molecule has 0 bridgehead atoms. The molecule has 0 fully saturated rings. The molecule has 0 radical (unpaired) electrons. The van der Waals surface area contributed by atoms with Gasteiger partial charge in [-0.25, -0.2) is 9.31 Å². The van der Waals surface area contributed by atoms with Gasteiger partial charge in [0.05, 0.1) is 17.3 Å². The van der Waals surface area contributed by atoms with E-state index in [1.165, 1.54) is 0 Å². The maximum absolute atomic E-state index is 12.2. The number of carbonyl (C=O) groups excluding carboxylic acids is 1. The van der Waals surface area contributed by atoms with Gasteiger partial charge in [0.25, 0.3) is 0 Å². The fourth-order valence-electron chi connectivity index (χ4n) is 2.63. The number of aromatic nitrogens is 2. The van der Waals surface area contributed by atoms with Crippen molar-refractivity contribution in [3.05, 3.63) is 40.1 Å². The first-order valence-electron chi connectivity index (χ1n) is 7.53. The Balaban J connectivity index is 1.92. The Morgan fingerprint density at radius 2 is 2.21 bits per heavy atom. The number of rotatable bonds is 1. The summed E-state index contributed by atoms with van der Waals surface area (Å²) in [5.41, 5.74) is 2.60. The van der Waals surface area contributed by atoms with Crippen LogP contribution < -0.4 is 0 Å². The van der Waals surface area contributed by atoms with Gasteiger partial charge in [-0.2, -0.15) is 10.4 Å². The lowest BCUT2D eigenvalue weighted by molar-refractivity contribution is 0.0306. The minimum absolute atomic E-state index is 0.339. The van der Waals surface area contributed by atoms with Gasteiger partial charge < -0.3 is 9.64 Å². The molecule has 3 heterocycles. The average Bonchev–Trinajstić information content (AvgIpc) is 3.11. The number of carbonyl (C=O) groups is 1. The highest BCUT2D eigenvalue weighted by molar-refractivity contribution is 9.10. The molecule has 3 rings (SSSR count). The monoisotopic (exact) mass is 388 g/mol. The predicted molar refractivity (Wildman–Crippen MR) is 93.4 cm³/mol. The number of fused-ring (bicyclic) bond motifs is 1. The predicted octanol–water partition coefficient (Wildman–Crippen LogP) is 3.60. The topological polar surface area (TPSA) is 70.6 Å². The molecule has 0 unspecified atom stereocenters. The lowest BCUT2D eigenvalue weighted by Gasteiger charge is -2.24. The molecule has 1 aliphatic heterocycles. The van der Waals surface area contributed by atoms with E-state index in [9.17, 15) is 10.1 Å². The van der Waals surface area contributed by atoms with Gasteiger partial charge in [0.1, 0.15) is 11.7 Å². The number of pyridine rings is 1. The lowest BCUT2D eigenvalue weighted by atomic mass is 10.0. The average molecular weight is 389 g/mol. The summed E-state index contributed by atoms with van der Waals surface area (Å²) < 4.78 is 7.95. The summed E-state index contributed by atoms with van der Waals surface area (Å²) in [6.07, 6.45) is 5.00. The van der Waals surface area contributed by atoms with Crippen LogP contribution in [-0.4, -0.2) is 39.3 Å². The van der Waals surface area contributed by atoms with E-state index < -0.39 is 5.60 Å². The molecule has 2 aromatic heterocycles. The van der Waals surface area contributed by atoms with Crippen LogP contribution in [0.4, 0.5) is 4.79 Å². The second-order valence-electron chi connectivity index (χ2n) is 6.63. The van der Waals surface area contributed by atoms with E-state index in [0.29, 0.717) is 18.7 Å². The standard InChI is InChI=1S/C17H17BrN4O2/c1-17(2,3)24-16(23)21-5-4-11(9-21)14-6-13(18)10-22-15(14)12(7-19)8-20-22/h4,6,8,10H,5,9H2,1-3H3. The Bertz CT molecular complexity index is 886. The van der Waals surface area contributed by atoms with E-state index in [-0.39, 0.29) is 6.09 Å². The van der Waals surface area contributed by atoms with Crippen LogP contribution in [0.2, 0.25) is 0 Å². The molecule has 24 heavy (non-hydrogen) atoms. The summed E-state index contributed by atoms with van der Waals surface area (Å²) in [7, 11) is 0. The number of amides is 1. The van der Waals surface area contributed by atoms with E-state index in [1.54, 1.807) is 21.8 Å². The Morgan fingerprint density at radius 1 is 1.46 bits per heavy atom. The fourth-order valence-corrected chi connectivity index (χ4v) is 3.05. The first-order valence-corrected chi connectivity index (χ1v) is 8.32. The highest BCUT2D eigenvalue weighted by atomic mass is 79.9. The van der Waals surface area contributed by atoms with Gasteiger partial charge >= 0.3 is 6.09 Å².